The van der Waals surface area contributed by atoms with Gasteiger partial charge in [0.2, 0.25) is 0 Å². The molecule has 0 aliphatic heterocycles. The lowest BCUT2D eigenvalue weighted by atomic mass is 10.2. The summed E-state index contributed by atoms with van der Waals surface area (Å²) >= 11 is 0. The predicted molar refractivity (Wildman–Crippen MR) is 64.7 cm³/mol. The molecule has 0 aliphatic carbocycles. The summed E-state index contributed by atoms with van der Waals surface area (Å²) in [5, 5.41) is 4.16. The van der Waals surface area contributed by atoms with Crippen molar-refractivity contribution in [2.24, 2.45) is 5.73 Å². The summed E-state index contributed by atoms with van der Waals surface area (Å²) in [6.45, 7) is 4.68. The summed E-state index contributed by atoms with van der Waals surface area (Å²) in [6.07, 6.45) is 3.30. The van der Waals surface area contributed by atoms with Crippen molar-refractivity contribution in [3.63, 3.8) is 0 Å². The van der Waals surface area contributed by atoms with Gasteiger partial charge in [-0.05, 0) is 6.42 Å². The van der Waals surface area contributed by atoms with Crippen molar-refractivity contribution >= 4 is 0 Å². The lowest BCUT2D eigenvalue weighted by Gasteiger charge is -2.12. The van der Waals surface area contributed by atoms with Gasteiger partial charge < -0.3 is 15.2 Å². The first kappa shape index (κ1) is 14.1. The second-order valence-corrected chi connectivity index (χ2v) is 3.93. The van der Waals surface area contributed by atoms with E-state index < -0.39 is 0 Å². The highest BCUT2D eigenvalue weighted by atomic mass is 16.5. The van der Waals surface area contributed by atoms with Crippen LogP contribution < -0.4 is 5.73 Å². The van der Waals surface area contributed by atoms with Crippen LogP contribution in [-0.2, 0) is 22.4 Å². The Labute approximate surface area is 102 Å². The average Bonchev–Trinajstić information content (AvgIpc) is 2.73. The molecule has 2 N–H and O–H groups in total. The second-order valence-electron chi connectivity index (χ2n) is 3.93. The van der Waals surface area contributed by atoms with Gasteiger partial charge in [0.15, 0.2) is 0 Å². The number of ether oxygens (including phenoxy) is 2. The van der Waals surface area contributed by atoms with E-state index in [2.05, 4.69) is 17.0 Å². The van der Waals surface area contributed by atoms with Crippen LogP contribution in [0.3, 0.4) is 0 Å². The Morgan fingerprint density at radius 1 is 1.47 bits per heavy atom. The minimum Gasteiger partial charge on any atom is -0.382 e. The molecule has 0 amide bonds. The van der Waals surface area contributed by atoms with Gasteiger partial charge in [-0.2, -0.15) is 5.10 Å². The quantitative estimate of drug-likeness (QED) is 0.627. The highest BCUT2D eigenvalue weighted by Gasteiger charge is 2.09. The fraction of sp³-hybridized carbons (Fsp3) is 0.818. The number of nitrogens with zero attached hydrogens (tertiary/aromatic N) is 3. The van der Waals surface area contributed by atoms with Crippen LogP contribution >= 0.6 is 0 Å². The minimum absolute atomic E-state index is 0.0494. The van der Waals surface area contributed by atoms with Crippen molar-refractivity contribution in [1.29, 1.82) is 0 Å². The lowest BCUT2D eigenvalue weighted by molar-refractivity contribution is 0.0633. The van der Waals surface area contributed by atoms with Crippen LogP contribution in [0.15, 0.2) is 6.33 Å². The number of methoxy groups -OCH3 is 1. The summed E-state index contributed by atoms with van der Waals surface area (Å²) in [5.74, 6) is 0.926. The third kappa shape index (κ3) is 5.25. The van der Waals surface area contributed by atoms with E-state index in [9.17, 15) is 0 Å². The molecule has 0 saturated heterocycles. The first-order valence-corrected chi connectivity index (χ1v) is 5.96. The van der Waals surface area contributed by atoms with Gasteiger partial charge in [-0.3, -0.25) is 4.68 Å². The van der Waals surface area contributed by atoms with Gasteiger partial charge in [0, 0.05) is 26.1 Å². The van der Waals surface area contributed by atoms with Crippen molar-refractivity contribution in [2.45, 2.75) is 32.4 Å². The van der Waals surface area contributed by atoms with E-state index in [0.717, 1.165) is 18.8 Å². The highest BCUT2D eigenvalue weighted by Crippen LogP contribution is 2.00. The van der Waals surface area contributed by atoms with Crippen LogP contribution in [0.1, 0.15) is 19.2 Å². The summed E-state index contributed by atoms with van der Waals surface area (Å²) in [5.41, 5.74) is 5.97. The standard InChI is InChI=1S/C11H22N4O2/c1-3-4-15-11(13-9-14-15)7-10(12)8-17-6-5-16-2/h9-10H,3-8,12H2,1-2H3. The summed E-state index contributed by atoms with van der Waals surface area (Å²) in [6, 6.07) is -0.0494. The minimum atomic E-state index is -0.0494. The SMILES string of the molecule is CCCn1ncnc1CC(N)COCCOC. The summed E-state index contributed by atoms with van der Waals surface area (Å²) in [7, 11) is 1.65. The number of rotatable bonds is 9. The smallest absolute Gasteiger partial charge is 0.138 e. The zero-order valence-corrected chi connectivity index (χ0v) is 10.6. The Hall–Kier alpha value is -0.980. The van der Waals surface area contributed by atoms with Crippen LogP contribution in [0, 0.1) is 0 Å². The van der Waals surface area contributed by atoms with Gasteiger partial charge in [-0.25, -0.2) is 4.98 Å². The molecule has 1 heterocycles. The fourth-order valence-corrected chi connectivity index (χ4v) is 1.52. The van der Waals surface area contributed by atoms with E-state index in [-0.39, 0.29) is 6.04 Å². The predicted octanol–water partition coefficient (Wildman–Crippen LogP) is 0.221. The molecule has 17 heavy (non-hydrogen) atoms. The number of aryl methyl sites for hydroxylation is 1. The maximum Gasteiger partial charge on any atom is 0.138 e. The Morgan fingerprint density at radius 2 is 2.29 bits per heavy atom. The molecule has 0 radical (unpaired) electrons. The zero-order chi connectivity index (χ0) is 12.5. The molecule has 0 saturated carbocycles. The normalized spacial score (nSPS) is 12.9. The number of nitrogens with two attached hydrogens (primary N) is 1. The number of hydrogen-bond acceptors (Lipinski definition) is 5. The van der Waals surface area contributed by atoms with Crippen LogP contribution in [-0.4, -0.2) is 47.7 Å². The van der Waals surface area contributed by atoms with Gasteiger partial charge in [0.05, 0.1) is 19.8 Å². The Bertz CT molecular complexity index is 303. The fourth-order valence-electron chi connectivity index (χ4n) is 1.52. The Morgan fingerprint density at radius 3 is 3.00 bits per heavy atom. The molecule has 6 nitrogen and oxygen atoms in total. The Balaban J connectivity index is 2.29. The van der Waals surface area contributed by atoms with Gasteiger partial charge in [0.25, 0.3) is 0 Å². The molecule has 6 heteroatoms. The first-order valence-electron chi connectivity index (χ1n) is 5.96. The van der Waals surface area contributed by atoms with Crippen molar-refractivity contribution < 1.29 is 9.47 Å². The Kier molecular flexibility index (Phi) is 6.76. The summed E-state index contributed by atoms with van der Waals surface area (Å²) in [4.78, 5) is 4.21. The molecule has 1 aromatic heterocycles. The topological polar surface area (TPSA) is 75.2 Å². The number of aromatic nitrogens is 3. The molecule has 0 fully saturated rings. The van der Waals surface area contributed by atoms with Gasteiger partial charge in [0.1, 0.15) is 12.2 Å². The third-order valence-electron chi connectivity index (χ3n) is 2.34. The molecular formula is C11H22N4O2. The third-order valence-corrected chi connectivity index (χ3v) is 2.34. The molecule has 0 bridgehead atoms. The van der Waals surface area contributed by atoms with Crippen molar-refractivity contribution in [2.75, 3.05) is 26.9 Å². The van der Waals surface area contributed by atoms with E-state index in [4.69, 9.17) is 15.2 Å². The van der Waals surface area contributed by atoms with Crippen LogP contribution in [0.4, 0.5) is 0 Å². The van der Waals surface area contributed by atoms with Crippen molar-refractivity contribution in [1.82, 2.24) is 14.8 Å². The number of hydrogen-bond donors (Lipinski definition) is 1. The molecule has 0 spiro atoms. The van der Waals surface area contributed by atoms with Crippen LogP contribution in [0.5, 0.6) is 0 Å². The monoisotopic (exact) mass is 242 g/mol. The maximum absolute atomic E-state index is 5.97. The lowest BCUT2D eigenvalue weighted by Crippen LogP contribution is -2.30. The van der Waals surface area contributed by atoms with Gasteiger partial charge in [-0.15, -0.1) is 0 Å². The highest BCUT2D eigenvalue weighted by molar-refractivity contribution is 4.88. The average molecular weight is 242 g/mol. The van der Waals surface area contributed by atoms with E-state index in [1.165, 1.54) is 0 Å². The van der Waals surface area contributed by atoms with Gasteiger partial charge in [-0.1, -0.05) is 6.92 Å². The molecule has 98 valence electrons. The van der Waals surface area contributed by atoms with Crippen LogP contribution in [0.2, 0.25) is 0 Å². The largest absolute Gasteiger partial charge is 0.382 e. The van der Waals surface area contributed by atoms with E-state index in [1.807, 2.05) is 4.68 Å². The molecule has 1 unspecified atom stereocenters. The van der Waals surface area contributed by atoms with E-state index in [1.54, 1.807) is 13.4 Å². The molecule has 1 atom stereocenters. The van der Waals surface area contributed by atoms with E-state index in [0.29, 0.717) is 26.2 Å². The van der Waals surface area contributed by atoms with Gasteiger partial charge >= 0.3 is 0 Å². The zero-order valence-electron chi connectivity index (χ0n) is 10.6. The first-order chi connectivity index (χ1) is 8.27. The molecular weight excluding hydrogens is 220 g/mol. The second kappa shape index (κ2) is 8.16. The van der Waals surface area contributed by atoms with Crippen molar-refractivity contribution in [3.05, 3.63) is 12.2 Å². The summed E-state index contributed by atoms with van der Waals surface area (Å²) < 4.78 is 12.2. The molecule has 0 aromatic carbocycles. The molecule has 0 aliphatic rings. The maximum atomic E-state index is 5.97. The molecule has 1 aromatic rings. The van der Waals surface area contributed by atoms with E-state index >= 15 is 0 Å². The van der Waals surface area contributed by atoms with Crippen molar-refractivity contribution in [3.8, 4) is 0 Å². The van der Waals surface area contributed by atoms with Crippen LogP contribution in [0.25, 0.3) is 0 Å². The molecule has 1 rings (SSSR count).